The fourth-order valence-electron chi connectivity index (χ4n) is 1.64. The number of hydrogen-bond donors (Lipinski definition) is 1. The highest BCUT2D eigenvalue weighted by molar-refractivity contribution is 5.76. The van der Waals surface area contributed by atoms with Crippen LogP contribution in [0.4, 0.5) is 5.69 Å². The maximum Gasteiger partial charge on any atom is 0.324 e. The number of aryl methyl sites for hydroxylation is 1. The van der Waals surface area contributed by atoms with Gasteiger partial charge in [0.2, 0.25) is 0 Å². The van der Waals surface area contributed by atoms with Crippen molar-refractivity contribution in [1.29, 1.82) is 0 Å². The standard InChI is InChI=1S/C13H20N2O2/c1-4-15(9-12(14)13(16)17-3)11-7-5-10(2)6-8-11/h5-8,12H,4,9,14H2,1-3H3. The van der Waals surface area contributed by atoms with E-state index in [1.54, 1.807) is 0 Å². The lowest BCUT2D eigenvalue weighted by Crippen LogP contribution is -2.43. The SMILES string of the molecule is CCN(CC(N)C(=O)OC)c1ccc(C)cc1. The highest BCUT2D eigenvalue weighted by atomic mass is 16.5. The molecule has 0 spiro atoms. The third-order valence-electron chi connectivity index (χ3n) is 2.70. The monoisotopic (exact) mass is 236 g/mol. The van der Waals surface area contributed by atoms with E-state index < -0.39 is 6.04 Å². The minimum Gasteiger partial charge on any atom is -0.468 e. The van der Waals surface area contributed by atoms with Crippen molar-refractivity contribution >= 4 is 11.7 Å². The predicted molar refractivity (Wildman–Crippen MR) is 69.1 cm³/mol. The van der Waals surface area contributed by atoms with Crippen molar-refractivity contribution in [2.24, 2.45) is 5.73 Å². The molecule has 0 aromatic heterocycles. The van der Waals surface area contributed by atoms with Gasteiger partial charge >= 0.3 is 5.97 Å². The van der Waals surface area contributed by atoms with Gasteiger partial charge in [0, 0.05) is 18.8 Å². The Hall–Kier alpha value is -1.55. The molecule has 1 aromatic carbocycles. The van der Waals surface area contributed by atoms with Crippen molar-refractivity contribution in [3.63, 3.8) is 0 Å². The zero-order valence-electron chi connectivity index (χ0n) is 10.6. The lowest BCUT2D eigenvalue weighted by Gasteiger charge is -2.25. The maximum absolute atomic E-state index is 11.3. The van der Waals surface area contributed by atoms with Crippen LogP contribution in [-0.4, -0.2) is 32.2 Å². The molecule has 1 unspecified atom stereocenters. The Morgan fingerprint density at radius 1 is 1.41 bits per heavy atom. The van der Waals surface area contributed by atoms with Gasteiger partial charge in [0.15, 0.2) is 0 Å². The molecule has 0 amide bonds. The number of rotatable bonds is 5. The zero-order valence-corrected chi connectivity index (χ0v) is 10.6. The van der Waals surface area contributed by atoms with Crippen molar-refractivity contribution in [2.45, 2.75) is 19.9 Å². The first kappa shape index (κ1) is 13.5. The average molecular weight is 236 g/mol. The maximum atomic E-state index is 11.3. The van der Waals surface area contributed by atoms with Crippen molar-refractivity contribution in [2.75, 3.05) is 25.1 Å². The van der Waals surface area contributed by atoms with E-state index in [1.165, 1.54) is 12.7 Å². The molecule has 0 aliphatic carbocycles. The number of likely N-dealkylation sites (N-methyl/N-ethyl adjacent to an activating group) is 1. The fraction of sp³-hybridized carbons (Fsp3) is 0.462. The van der Waals surface area contributed by atoms with Gasteiger partial charge in [-0.05, 0) is 26.0 Å². The molecule has 0 saturated carbocycles. The average Bonchev–Trinajstić information content (AvgIpc) is 2.35. The number of methoxy groups -OCH3 is 1. The Kier molecular flexibility index (Phi) is 4.97. The number of carbonyl (C=O) groups excluding carboxylic acids is 1. The largest absolute Gasteiger partial charge is 0.468 e. The van der Waals surface area contributed by atoms with E-state index in [0.29, 0.717) is 6.54 Å². The summed E-state index contributed by atoms with van der Waals surface area (Å²) in [6.45, 7) is 5.34. The van der Waals surface area contributed by atoms with E-state index in [0.717, 1.165) is 12.2 Å². The molecule has 2 N–H and O–H groups in total. The number of carbonyl (C=O) groups is 1. The molecule has 1 atom stereocenters. The van der Waals surface area contributed by atoms with E-state index in [-0.39, 0.29) is 5.97 Å². The predicted octanol–water partition coefficient (Wildman–Crippen LogP) is 1.32. The van der Waals surface area contributed by atoms with Gasteiger partial charge in [0.1, 0.15) is 6.04 Å². The van der Waals surface area contributed by atoms with Crippen LogP contribution < -0.4 is 10.6 Å². The van der Waals surface area contributed by atoms with Crippen LogP contribution in [0.15, 0.2) is 24.3 Å². The first-order chi connectivity index (χ1) is 8.08. The van der Waals surface area contributed by atoms with Gasteiger partial charge in [-0.15, -0.1) is 0 Å². The third-order valence-corrected chi connectivity index (χ3v) is 2.70. The summed E-state index contributed by atoms with van der Waals surface area (Å²) in [7, 11) is 1.35. The van der Waals surface area contributed by atoms with Gasteiger partial charge in [-0.2, -0.15) is 0 Å². The molecular weight excluding hydrogens is 216 g/mol. The first-order valence-electron chi connectivity index (χ1n) is 5.73. The van der Waals surface area contributed by atoms with Crippen LogP contribution in [0.2, 0.25) is 0 Å². The number of anilines is 1. The van der Waals surface area contributed by atoms with Crippen molar-refractivity contribution in [3.05, 3.63) is 29.8 Å². The fourth-order valence-corrected chi connectivity index (χ4v) is 1.64. The number of ether oxygens (including phenoxy) is 1. The van der Waals surface area contributed by atoms with Gasteiger partial charge in [0.05, 0.1) is 7.11 Å². The lowest BCUT2D eigenvalue weighted by atomic mass is 10.2. The summed E-state index contributed by atoms with van der Waals surface area (Å²) in [6.07, 6.45) is 0. The van der Waals surface area contributed by atoms with Gasteiger partial charge < -0.3 is 15.4 Å². The number of benzene rings is 1. The molecule has 0 saturated heterocycles. The Morgan fingerprint density at radius 2 is 2.00 bits per heavy atom. The molecule has 1 rings (SSSR count). The molecule has 4 heteroatoms. The number of esters is 1. The van der Waals surface area contributed by atoms with Crippen LogP contribution in [0.1, 0.15) is 12.5 Å². The number of nitrogens with zero attached hydrogens (tertiary/aromatic N) is 1. The molecule has 94 valence electrons. The second-order valence-electron chi connectivity index (χ2n) is 4.00. The van der Waals surface area contributed by atoms with Crippen LogP contribution in [-0.2, 0) is 9.53 Å². The van der Waals surface area contributed by atoms with Crippen molar-refractivity contribution < 1.29 is 9.53 Å². The molecule has 0 fully saturated rings. The topological polar surface area (TPSA) is 55.6 Å². The minimum absolute atomic E-state index is 0.379. The van der Waals surface area contributed by atoms with Crippen molar-refractivity contribution in [1.82, 2.24) is 0 Å². The highest BCUT2D eigenvalue weighted by Gasteiger charge is 2.17. The molecule has 0 aliphatic rings. The zero-order chi connectivity index (χ0) is 12.8. The Balaban J connectivity index is 2.71. The summed E-state index contributed by atoms with van der Waals surface area (Å²) in [5, 5.41) is 0. The van der Waals surface area contributed by atoms with E-state index in [2.05, 4.69) is 9.64 Å². The molecule has 0 bridgehead atoms. The van der Waals surface area contributed by atoms with Crippen LogP contribution in [0.3, 0.4) is 0 Å². The summed E-state index contributed by atoms with van der Waals surface area (Å²) in [5.74, 6) is -0.379. The molecule has 1 aromatic rings. The second kappa shape index (κ2) is 6.25. The summed E-state index contributed by atoms with van der Waals surface area (Å²) >= 11 is 0. The van der Waals surface area contributed by atoms with E-state index in [1.807, 2.05) is 38.1 Å². The van der Waals surface area contributed by atoms with Gasteiger partial charge in [-0.3, -0.25) is 4.79 Å². The molecular formula is C13H20N2O2. The normalized spacial score (nSPS) is 12.0. The van der Waals surface area contributed by atoms with Gasteiger partial charge in [0.25, 0.3) is 0 Å². The Morgan fingerprint density at radius 3 is 2.47 bits per heavy atom. The second-order valence-corrected chi connectivity index (χ2v) is 4.00. The van der Waals surface area contributed by atoms with Gasteiger partial charge in [-0.1, -0.05) is 17.7 Å². The van der Waals surface area contributed by atoms with Crippen LogP contribution in [0, 0.1) is 6.92 Å². The summed E-state index contributed by atoms with van der Waals surface area (Å²) < 4.78 is 4.62. The summed E-state index contributed by atoms with van der Waals surface area (Å²) in [4.78, 5) is 13.3. The smallest absolute Gasteiger partial charge is 0.324 e. The Labute approximate surface area is 102 Å². The third kappa shape index (κ3) is 3.75. The van der Waals surface area contributed by atoms with E-state index >= 15 is 0 Å². The highest BCUT2D eigenvalue weighted by Crippen LogP contribution is 2.14. The van der Waals surface area contributed by atoms with Crippen LogP contribution in [0.5, 0.6) is 0 Å². The molecule has 17 heavy (non-hydrogen) atoms. The minimum atomic E-state index is -0.610. The number of nitrogens with two attached hydrogens (primary N) is 1. The quantitative estimate of drug-likeness (QED) is 0.783. The molecule has 0 aliphatic heterocycles. The Bertz CT molecular complexity index is 362. The number of hydrogen-bond acceptors (Lipinski definition) is 4. The summed E-state index contributed by atoms with van der Waals surface area (Å²) in [5.41, 5.74) is 8.03. The first-order valence-corrected chi connectivity index (χ1v) is 5.73. The van der Waals surface area contributed by atoms with Crippen LogP contribution >= 0.6 is 0 Å². The van der Waals surface area contributed by atoms with Crippen molar-refractivity contribution in [3.8, 4) is 0 Å². The van der Waals surface area contributed by atoms with Gasteiger partial charge in [-0.25, -0.2) is 0 Å². The summed E-state index contributed by atoms with van der Waals surface area (Å²) in [6, 6.07) is 7.54. The molecule has 0 radical (unpaired) electrons. The van der Waals surface area contributed by atoms with E-state index in [9.17, 15) is 4.79 Å². The lowest BCUT2D eigenvalue weighted by molar-refractivity contribution is -0.141. The van der Waals surface area contributed by atoms with Crippen LogP contribution in [0.25, 0.3) is 0 Å². The molecule has 0 heterocycles. The molecule has 4 nitrogen and oxygen atoms in total. The van der Waals surface area contributed by atoms with E-state index in [4.69, 9.17) is 5.73 Å².